The van der Waals surface area contributed by atoms with E-state index < -0.39 is 18.0 Å². The highest BCUT2D eigenvalue weighted by molar-refractivity contribution is 9.08. The molecule has 0 N–H and O–H groups in total. The molecule has 1 rings (SSSR count). The SMILES string of the molecule is COC(=O)Cc1c(CBr)cnc(Cl)c1C(F)F. The number of rotatable bonds is 4. The van der Waals surface area contributed by atoms with Crippen LogP contribution < -0.4 is 0 Å². The van der Waals surface area contributed by atoms with Crippen molar-refractivity contribution in [3.05, 3.63) is 28.0 Å². The molecule has 7 heteroatoms. The van der Waals surface area contributed by atoms with Crippen molar-refractivity contribution in [2.24, 2.45) is 0 Å². The number of halogens is 4. The molecule has 1 aromatic rings. The predicted octanol–water partition coefficient (Wildman–Crippen LogP) is 3.28. The number of esters is 1. The van der Waals surface area contributed by atoms with Crippen molar-refractivity contribution in [2.75, 3.05) is 7.11 Å². The Bertz CT molecular complexity index is 429. The molecule has 0 fully saturated rings. The summed E-state index contributed by atoms with van der Waals surface area (Å²) in [5.41, 5.74) is 0.257. The van der Waals surface area contributed by atoms with Gasteiger partial charge in [-0.15, -0.1) is 0 Å². The molecule has 94 valence electrons. The maximum absolute atomic E-state index is 12.9. The Morgan fingerprint density at radius 3 is 2.76 bits per heavy atom. The van der Waals surface area contributed by atoms with Crippen LogP contribution in [0.3, 0.4) is 0 Å². The van der Waals surface area contributed by atoms with Crippen molar-refractivity contribution >= 4 is 33.5 Å². The number of carbonyl (C=O) groups excluding carboxylic acids is 1. The van der Waals surface area contributed by atoms with E-state index in [1.54, 1.807) is 0 Å². The molecule has 0 aromatic carbocycles. The molecule has 1 aromatic heterocycles. The van der Waals surface area contributed by atoms with Crippen molar-refractivity contribution in [3.8, 4) is 0 Å². The van der Waals surface area contributed by atoms with Crippen LogP contribution in [0.15, 0.2) is 6.20 Å². The van der Waals surface area contributed by atoms with Crippen molar-refractivity contribution in [3.63, 3.8) is 0 Å². The summed E-state index contributed by atoms with van der Waals surface area (Å²) < 4.78 is 30.2. The molecule has 0 aliphatic carbocycles. The smallest absolute Gasteiger partial charge is 0.310 e. The van der Waals surface area contributed by atoms with Crippen LogP contribution in [0, 0.1) is 0 Å². The Balaban J connectivity index is 3.29. The van der Waals surface area contributed by atoms with Crippen LogP contribution in [-0.2, 0) is 21.3 Å². The third-order valence-corrected chi connectivity index (χ3v) is 3.08. The lowest BCUT2D eigenvalue weighted by molar-refractivity contribution is -0.139. The first-order valence-electron chi connectivity index (χ1n) is 4.58. The van der Waals surface area contributed by atoms with Gasteiger partial charge in [-0.1, -0.05) is 27.5 Å². The zero-order valence-electron chi connectivity index (χ0n) is 8.84. The third kappa shape index (κ3) is 3.35. The van der Waals surface area contributed by atoms with E-state index in [2.05, 4.69) is 25.7 Å². The molecule has 0 radical (unpaired) electrons. The monoisotopic (exact) mass is 327 g/mol. The fraction of sp³-hybridized carbons (Fsp3) is 0.400. The van der Waals surface area contributed by atoms with Crippen LogP contribution in [0.25, 0.3) is 0 Å². The Morgan fingerprint density at radius 1 is 1.65 bits per heavy atom. The Morgan fingerprint density at radius 2 is 2.29 bits per heavy atom. The summed E-state index contributed by atoms with van der Waals surface area (Å²) in [4.78, 5) is 14.9. The number of hydrogen-bond acceptors (Lipinski definition) is 3. The van der Waals surface area contributed by atoms with Crippen LogP contribution in [0.1, 0.15) is 23.1 Å². The van der Waals surface area contributed by atoms with Gasteiger partial charge in [-0.05, 0) is 11.1 Å². The molecule has 0 unspecified atom stereocenters. The first-order chi connectivity index (χ1) is 8.01. The molecular weight excluding hydrogens is 319 g/mol. The molecule has 0 bridgehead atoms. The van der Waals surface area contributed by atoms with E-state index in [0.717, 1.165) is 0 Å². The average molecular weight is 329 g/mol. The van der Waals surface area contributed by atoms with Crippen molar-refractivity contribution in [1.82, 2.24) is 4.98 Å². The van der Waals surface area contributed by atoms with Gasteiger partial charge in [0.1, 0.15) is 5.15 Å². The Labute approximate surface area is 110 Å². The van der Waals surface area contributed by atoms with E-state index >= 15 is 0 Å². The number of hydrogen-bond donors (Lipinski definition) is 0. The molecule has 3 nitrogen and oxygen atoms in total. The van der Waals surface area contributed by atoms with E-state index in [1.807, 2.05) is 0 Å². The molecule has 0 saturated carbocycles. The summed E-state index contributed by atoms with van der Waals surface area (Å²) in [6, 6.07) is 0. The highest BCUT2D eigenvalue weighted by Crippen LogP contribution is 2.32. The quantitative estimate of drug-likeness (QED) is 0.484. The highest BCUT2D eigenvalue weighted by Gasteiger charge is 2.22. The lowest BCUT2D eigenvalue weighted by atomic mass is 10.0. The lowest BCUT2D eigenvalue weighted by Gasteiger charge is -2.13. The van der Waals surface area contributed by atoms with Gasteiger partial charge in [-0.3, -0.25) is 4.79 Å². The number of alkyl halides is 3. The minimum Gasteiger partial charge on any atom is -0.469 e. The van der Waals surface area contributed by atoms with Crippen LogP contribution in [0.4, 0.5) is 8.78 Å². The summed E-state index contributed by atoms with van der Waals surface area (Å²) in [5, 5.41) is 0.0204. The zero-order valence-corrected chi connectivity index (χ0v) is 11.2. The number of nitrogens with zero attached hydrogens (tertiary/aromatic N) is 1. The fourth-order valence-corrected chi connectivity index (χ4v) is 2.07. The van der Waals surface area contributed by atoms with E-state index in [0.29, 0.717) is 10.9 Å². The van der Waals surface area contributed by atoms with Crippen molar-refractivity contribution in [1.29, 1.82) is 0 Å². The molecule has 0 spiro atoms. The van der Waals surface area contributed by atoms with Gasteiger partial charge >= 0.3 is 5.97 Å². The Kier molecular flexibility index (Phi) is 5.27. The summed E-state index contributed by atoms with van der Waals surface area (Å²) in [7, 11) is 1.20. The van der Waals surface area contributed by atoms with Gasteiger partial charge in [0, 0.05) is 11.5 Å². The second-order valence-electron chi connectivity index (χ2n) is 3.15. The Hall–Kier alpha value is -0.750. The molecule has 0 aliphatic heterocycles. The molecule has 17 heavy (non-hydrogen) atoms. The zero-order chi connectivity index (χ0) is 13.0. The number of methoxy groups -OCH3 is 1. The highest BCUT2D eigenvalue weighted by atomic mass is 79.9. The predicted molar refractivity (Wildman–Crippen MR) is 62.6 cm³/mol. The average Bonchev–Trinajstić information content (AvgIpc) is 2.28. The summed E-state index contributed by atoms with van der Waals surface area (Å²) >= 11 is 8.77. The number of aromatic nitrogens is 1. The number of ether oxygens (including phenoxy) is 1. The van der Waals surface area contributed by atoms with Crippen LogP contribution >= 0.6 is 27.5 Å². The number of pyridine rings is 1. The summed E-state index contributed by atoms with van der Waals surface area (Å²) in [6.45, 7) is 0. The first kappa shape index (κ1) is 14.3. The maximum Gasteiger partial charge on any atom is 0.310 e. The molecule has 0 saturated heterocycles. The molecule has 0 atom stereocenters. The lowest BCUT2D eigenvalue weighted by Crippen LogP contribution is -2.11. The third-order valence-electron chi connectivity index (χ3n) is 2.18. The topological polar surface area (TPSA) is 39.2 Å². The molecular formula is C10H9BrClF2NO2. The molecule has 0 amide bonds. The van der Waals surface area contributed by atoms with Gasteiger partial charge < -0.3 is 4.74 Å². The van der Waals surface area contributed by atoms with Gasteiger partial charge in [-0.2, -0.15) is 0 Å². The van der Waals surface area contributed by atoms with E-state index in [-0.39, 0.29) is 17.1 Å². The van der Waals surface area contributed by atoms with Crippen LogP contribution in [0.5, 0.6) is 0 Å². The van der Waals surface area contributed by atoms with Crippen LogP contribution in [-0.4, -0.2) is 18.1 Å². The normalized spacial score (nSPS) is 10.7. The maximum atomic E-state index is 12.9. The summed E-state index contributed by atoms with van der Waals surface area (Å²) in [5.74, 6) is -0.601. The second-order valence-corrected chi connectivity index (χ2v) is 4.07. The van der Waals surface area contributed by atoms with Gasteiger partial charge in [0.2, 0.25) is 0 Å². The standard InChI is InChI=1S/C10H9BrClF2NO2/c1-17-7(16)2-6-5(3-11)4-15-9(12)8(6)10(13)14/h4,10H,2-3H2,1H3. The minimum atomic E-state index is -2.78. The van der Waals surface area contributed by atoms with E-state index in [9.17, 15) is 13.6 Å². The van der Waals surface area contributed by atoms with Crippen molar-refractivity contribution in [2.45, 2.75) is 18.2 Å². The largest absolute Gasteiger partial charge is 0.469 e. The van der Waals surface area contributed by atoms with Gasteiger partial charge in [0.15, 0.2) is 0 Å². The number of carbonyl (C=O) groups is 1. The molecule has 1 heterocycles. The van der Waals surface area contributed by atoms with E-state index in [1.165, 1.54) is 13.3 Å². The van der Waals surface area contributed by atoms with Gasteiger partial charge in [0.05, 0.1) is 19.1 Å². The second kappa shape index (κ2) is 6.26. The van der Waals surface area contributed by atoms with Gasteiger partial charge in [-0.25, -0.2) is 13.8 Å². The molecule has 0 aliphatic rings. The first-order valence-corrected chi connectivity index (χ1v) is 6.08. The minimum absolute atomic E-state index is 0.170. The van der Waals surface area contributed by atoms with E-state index in [4.69, 9.17) is 11.6 Å². The summed E-state index contributed by atoms with van der Waals surface area (Å²) in [6.07, 6.45) is -1.67. The van der Waals surface area contributed by atoms with Crippen molar-refractivity contribution < 1.29 is 18.3 Å². The fourth-order valence-electron chi connectivity index (χ4n) is 1.34. The van der Waals surface area contributed by atoms with Crippen LogP contribution in [0.2, 0.25) is 5.15 Å². The van der Waals surface area contributed by atoms with Gasteiger partial charge in [0.25, 0.3) is 6.43 Å².